The third-order valence-corrected chi connectivity index (χ3v) is 2.24. The molecule has 0 bridgehead atoms. The first kappa shape index (κ1) is 10.4. The van der Waals surface area contributed by atoms with Crippen LogP contribution in [-0.4, -0.2) is 23.7 Å². The Morgan fingerprint density at radius 1 is 1.19 bits per heavy atom. The van der Waals surface area contributed by atoms with Crippen LogP contribution in [0.1, 0.15) is 0 Å². The van der Waals surface area contributed by atoms with Gasteiger partial charge >= 0.3 is 0 Å². The zero-order chi connectivity index (χ0) is 11.5. The molecule has 0 aliphatic carbocycles. The molecule has 1 heterocycles. The fourth-order valence-corrected chi connectivity index (χ4v) is 1.51. The van der Waals surface area contributed by atoms with Gasteiger partial charge in [0.05, 0.1) is 0 Å². The minimum absolute atomic E-state index is 0.152. The Hall–Kier alpha value is -2.14. The van der Waals surface area contributed by atoms with E-state index >= 15 is 0 Å². The lowest BCUT2D eigenvalue weighted by Gasteiger charge is -2.21. The molecule has 1 aromatic carbocycles. The highest BCUT2D eigenvalue weighted by atomic mass is 16.3. The van der Waals surface area contributed by atoms with Crippen LogP contribution in [0.2, 0.25) is 0 Å². The van der Waals surface area contributed by atoms with Crippen molar-refractivity contribution in [3.05, 3.63) is 42.1 Å². The van der Waals surface area contributed by atoms with E-state index < -0.39 is 11.8 Å². The van der Waals surface area contributed by atoms with Crippen molar-refractivity contribution in [2.75, 3.05) is 11.6 Å². The van der Waals surface area contributed by atoms with E-state index in [2.05, 4.69) is 5.32 Å². The number of nitrogens with one attached hydrogen (secondary N) is 1. The Labute approximate surface area is 92.0 Å². The highest BCUT2D eigenvalue weighted by Crippen LogP contribution is 2.19. The average molecular weight is 218 g/mol. The van der Waals surface area contributed by atoms with E-state index in [1.165, 1.54) is 11.0 Å². The number of aliphatic hydroxyl groups is 1. The van der Waals surface area contributed by atoms with Gasteiger partial charge in [-0.1, -0.05) is 18.2 Å². The number of para-hydroxylation sites is 1. The standard InChI is InChI=1S/C11H10N2O3/c14-7-13(8-4-2-1-3-5-8)9-6-10(15)12-11(9)16/h1-6,14H,7H2,(H,12,15,16). The molecule has 0 fully saturated rings. The van der Waals surface area contributed by atoms with Crippen molar-refractivity contribution in [2.45, 2.75) is 0 Å². The lowest BCUT2D eigenvalue weighted by Crippen LogP contribution is -2.31. The predicted molar refractivity (Wildman–Crippen MR) is 57.2 cm³/mol. The van der Waals surface area contributed by atoms with Gasteiger partial charge in [-0.2, -0.15) is 0 Å². The van der Waals surface area contributed by atoms with Crippen LogP contribution >= 0.6 is 0 Å². The van der Waals surface area contributed by atoms with Crippen molar-refractivity contribution >= 4 is 17.5 Å². The molecule has 2 amide bonds. The number of hydrogen-bond acceptors (Lipinski definition) is 4. The zero-order valence-electron chi connectivity index (χ0n) is 8.38. The molecule has 1 aliphatic heterocycles. The number of imide groups is 1. The number of anilines is 1. The monoisotopic (exact) mass is 218 g/mol. The summed E-state index contributed by atoms with van der Waals surface area (Å²) >= 11 is 0. The van der Waals surface area contributed by atoms with Crippen molar-refractivity contribution in [3.8, 4) is 0 Å². The number of nitrogens with zero attached hydrogens (tertiary/aromatic N) is 1. The van der Waals surface area contributed by atoms with E-state index in [0.717, 1.165) is 0 Å². The van der Waals surface area contributed by atoms with Crippen LogP contribution in [-0.2, 0) is 9.59 Å². The Kier molecular flexibility index (Phi) is 2.70. The van der Waals surface area contributed by atoms with Crippen molar-refractivity contribution in [3.63, 3.8) is 0 Å². The Balaban J connectivity index is 2.34. The molecule has 82 valence electrons. The van der Waals surface area contributed by atoms with E-state index in [4.69, 9.17) is 0 Å². The third-order valence-electron chi connectivity index (χ3n) is 2.24. The van der Waals surface area contributed by atoms with Gasteiger partial charge in [-0.3, -0.25) is 14.9 Å². The Morgan fingerprint density at radius 2 is 1.88 bits per heavy atom. The minimum Gasteiger partial charge on any atom is -0.376 e. The second-order valence-corrected chi connectivity index (χ2v) is 3.25. The van der Waals surface area contributed by atoms with Crippen molar-refractivity contribution in [2.24, 2.45) is 0 Å². The SMILES string of the molecule is O=C1C=C(N(CO)c2ccccc2)C(=O)N1. The number of carbonyl (C=O) groups is 2. The summed E-state index contributed by atoms with van der Waals surface area (Å²) in [6, 6.07) is 8.88. The first-order valence-electron chi connectivity index (χ1n) is 4.73. The molecule has 0 atom stereocenters. The highest BCUT2D eigenvalue weighted by molar-refractivity contribution is 6.17. The molecule has 2 rings (SSSR count). The lowest BCUT2D eigenvalue weighted by atomic mass is 10.2. The summed E-state index contributed by atoms with van der Waals surface area (Å²) < 4.78 is 0. The molecule has 16 heavy (non-hydrogen) atoms. The number of rotatable bonds is 3. The summed E-state index contributed by atoms with van der Waals surface area (Å²) in [6.45, 7) is -0.365. The van der Waals surface area contributed by atoms with Gasteiger partial charge in [0.2, 0.25) is 0 Å². The maximum atomic E-state index is 11.4. The molecule has 1 aliphatic rings. The topological polar surface area (TPSA) is 69.6 Å². The number of amides is 2. The van der Waals surface area contributed by atoms with Crippen molar-refractivity contribution in [1.82, 2.24) is 5.32 Å². The normalized spacial score (nSPS) is 14.7. The molecule has 0 spiro atoms. The molecule has 0 radical (unpaired) electrons. The molecule has 2 N–H and O–H groups in total. The van der Waals surface area contributed by atoms with Gasteiger partial charge in [-0.25, -0.2) is 0 Å². The summed E-state index contributed by atoms with van der Waals surface area (Å²) in [7, 11) is 0. The number of hydrogen-bond donors (Lipinski definition) is 2. The Morgan fingerprint density at radius 3 is 2.38 bits per heavy atom. The van der Waals surface area contributed by atoms with E-state index in [1.54, 1.807) is 24.3 Å². The van der Waals surface area contributed by atoms with Gasteiger partial charge in [0.1, 0.15) is 12.4 Å². The van der Waals surface area contributed by atoms with Crippen LogP contribution in [0.25, 0.3) is 0 Å². The molecular formula is C11H10N2O3. The van der Waals surface area contributed by atoms with Crippen LogP contribution < -0.4 is 10.2 Å². The minimum atomic E-state index is -0.497. The third kappa shape index (κ3) is 1.80. The Bertz CT molecular complexity index is 454. The largest absolute Gasteiger partial charge is 0.376 e. The maximum absolute atomic E-state index is 11.4. The van der Waals surface area contributed by atoms with E-state index in [-0.39, 0.29) is 12.4 Å². The summed E-state index contributed by atoms with van der Waals surface area (Å²) in [5.74, 6) is -0.961. The molecular weight excluding hydrogens is 208 g/mol. The van der Waals surface area contributed by atoms with E-state index in [9.17, 15) is 14.7 Å². The van der Waals surface area contributed by atoms with E-state index in [0.29, 0.717) is 5.69 Å². The van der Waals surface area contributed by atoms with Crippen LogP contribution in [0, 0.1) is 0 Å². The fraction of sp³-hybridized carbons (Fsp3) is 0.0909. The van der Waals surface area contributed by atoms with Gasteiger partial charge in [0.15, 0.2) is 0 Å². The smallest absolute Gasteiger partial charge is 0.275 e. The molecule has 5 nitrogen and oxygen atoms in total. The summed E-state index contributed by atoms with van der Waals surface area (Å²) in [4.78, 5) is 23.8. The molecule has 0 unspecified atom stereocenters. The first-order chi connectivity index (χ1) is 7.72. The van der Waals surface area contributed by atoms with Crippen LogP contribution in [0.15, 0.2) is 42.1 Å². The fourth-order valence-electron chi connectivity index (χ4n) is 1.51. The number of carbonyl (C=O) groups excluding carboxylic acids is 2. The van der Waals surface area contributed by atoms with Gasteiger partial charge in [0.25, 0.3) is 11.8 Å². The van der Waals surface area contributed by atoms with Crippen molar-refractivity contribution in [1.29, 1.82) is 0 Å². The quantitative estimate of drug-likeness (QED) is 0.552. The van der Waals surface area contributed by atoms with Gasteiger partial charge in [0, 0.05) is 11.8 Å². The summed E-state index contributed by atoms with van der Waals surface area (Å²) in [5.41, 5.74) is 0.805. The summed E-state index contributed by atoms with van der Waals surface area (Å²) in [6.07, 6.45) is 1.17. The first-order valence-corrected chi connectivity index (χ1v) is 4.73. The lowest BCUT2D eigenvalue weighted by molar-refractivity contribution is -0.123. The highest BCUT2D eigenvalue weighted by Gasteiger charge is 2.26. The molecule has 5 heteroatoms. The van der Waals surface area contributed by atoms with Crippen molar-refractivity contribution < 1.29 is 14.7 Å². The van der Waals surface area contributed by atoms with Gasteiger partial charge < -0.3 is 10.0 Å². The molecule has 0 aromatic heterocycles. The van der Waals surface area contributed by atoms with Gasteiger partial charge in [-0.15, -0.1) is 0 Å². The van der Waals surface area contributed by atoms with Gasteiger partial charge in [-0.05, 0) is 12.1 Å². The molecule has 0 saturated carbocycles. The van der Waals surface area contributed by atoms with Crippen LogP contribution in [0.3, 0.4) is 0 Å². The van der Waals surface area contributed by atoms with Crippen LogP contribution in [0.4, 0.5) is 5.69 Å². The summed E-state index contributed by atoms with van der Waals surface area (Å²) in [5, 5.41) is 11.4. The molecule has 0 saturated heterocycles. The predicted octanol–water partition coefficient (Wildman–Crippen LogP) is -0.0169. The average Bonchev–Trinajstić information content (AvgIpc) is 2.61. The number of benzene rings is 1. The molecule has 1 aromatic rings. The zero-order valence-corrected chi connectivity index (χ0v) is 8.38. The maximum Gasteiger partial charge on any atom is 0.275 e. The second kappa shape index (κ2) is 4.16. The van der Waals surface area contributed by atoms with E-state index in [1.807, 2.05) is 6.07 Å². The number of aliphatic hydroxyl groups excluding tert-OH is 1. The second-order valence-electron chi connectivity index (χ2n) is 3.25. The van der Waals surface area contributed by atoms with Crippen LogP contribution in [0.5, 0.6) is 0 Å².